The fourth-order valence-corrected chi connectivity index (χ4v) is 3.32. The van der Waals surface area contributed by atoms with Crippen molar-refractivity contribution < 1.29 is 20.4 Å². The third-order valence-electron chi connectivity index (χ3n) is 4.47. The van der Waals surface area contributed by atoms with Gasteiger partial charge in [-0.1, -0.05) is 12.8 Å². The van der Waals surface area contributed by atoms with E-state index in [4.69, 9.17) is 10.2 Å². The maximum Gasteiger partial charge on any atom is 0.0494 e. The quantitative estimate of drug-likeness (QED) is 0.530. The van der Waals surface area contributed by atoms with E-state index < -0.39 is 10.8 Å². The molecule has 0 bridgehead atoms. The minimum absolute atomic E-state index is 0.0197. The first kappa shape index (κ1) is 13.9. The molecule has 1 saturated carbocycles. The molecule has 16 heavy (non-hydrogen) atoms. The molecule has 1 rings (SSSR count). The topological polar surface area (TPSA) is 80.9 Å². The lowest BCUT2D eigenvalue weighted by molar-refractivity contribution is -0.110. The van der Waals surface area contributed by atoms with E-state index in [-0.39, 0.29) is 26.4 Å². The zero-order valence-electron chi connectivity index (χ0n) is 9.86. The Morgan fingerprint density at radius 3 is 1.31 bits per heavy atom. The van der Waals surface area contributed by atoms with Gasteiger partial charge in [-0.05, 0) is 25.7 Å². The molecule has 1 fully saturated rings. The van der Waals surface area contributed by atoms with Gasteiger partial charge in [0.15, 0.2) is 0 Å². The van der Waals surface area contributed by atoms with Crippen LogP contribution in [0.4, 0.5) is 0 Å². The van der Waals surface area contributed by atoms with Crippen LogP contribution in [0.1, 0.15) is 38.5 Å². The second-order valence-electron chi connectivity index (χ2n) is 5.03. The van der Waals surface area contributed by atoms with Crippen molar-refractivity contribution >= 4 is 0 Å². The maximum absolute atomic E-state index is 9.66. The first-order chi connectivity index (χ1) is 7.70. The second kappa shape index (κ2) is 5.96. The van der Waals surface area contributed by atoms with Crippen LogP contribution in [-0.4, -0.2) is 46.9 Å². The predicted octanol–water partition coefficient (Wildman–Crippen LogP) is 0.283. The lowest BCUT2D eigenvalue weighted by Gasteiger charge is -2.52. The minimum Gasteiger partial charge on any atom is -0.396 e. The summed E-state index contributed by atoms with van der Waals surface area (Å²) in [5, 5.41) is 37.6. The molecule has 4 heteroatoms. The number of rotatable bonds is 6. The van der Waals surface area contributed by atoms with Crippen LogP contribution >= 0.6 is 0 Å². The average molecular weight is 232 g/mol. The van der Waals surface area contributed by atoms with Crippen LogP contribution in [0.2, 0.25) is 0 Å². The Hall–Kier alpha value is -0.160. The van der Waals surface area contributed by atoms with Crippen LogP contribution in [0.5, 0.6) is 0 Å². The summed E-state index contributed by atoms with van der Waals surface area (Å²) >= 11 is 0. The summed E-state index contributed by atoms with van der Waals surface area (Å²) in [7, 11) is 0. The summed E-state index contributed by atoms with van der Waals surface area (Å²) < 4.78 is 0. The molecule has 4 N–H and O–H groups in total. The van der Waals surface area contributed by atoms with Crippen LogP contribution in [-0.2, 0) is 0 Å². The summed E-state index contributed by atoms with van der Waals surface area (Å²) in [6.45, 7) is 0.00369. The van der Waals surface area contributed by atoms with Gasteiger partial charge in [0, 0.05) is 37.3 Å². The van der Waals surface area contributed by atoms with Crippen LogP contribution in [0, 0.1) is 10.8 Å². The van der Waals surface area contributed by atoms with Crippen LogP contribution in [0.3, 0.4) is 0 Å². The molecule has 0 radical (unpaired) electrons. The summed E-state index contributed by atoms with van der Waals surface area (Å²) in [5.74, 6) is 0. The van der Waals surface area contributed by atoms with E-state index in [2.05, 4.69) is 0 Å². The normalized spacial score (nSPS) is 35.2. The zero-order chi connectivity index (χ0) is 12.1. The molecule has 0 aliphatic heterocycles. The molecule has 2 unspecified atom stereocenters. The smallest absolute Gasteiger partial charge is 0.0494 e. The van der Waals surface area contributed by atoms with Crippen molar-refractivity contribution in [3.63, 3.8) is 0 Å². The van der Waals surface area contributed by atoms with Gasteiger partial charge in [0.25, 0.3) is 0 Å². The van der Waals surface area contributed by atoms with Gasteiger partial charge in [0.05, 0.1) is 0 Å². The van der Waals surface area contributed by atoms with Crippen molar-refractivity contribution in [3.8, 4) is 0 Å². The Bertz CT molecular complexity index is 179. The summed E-state index contributed by atoms with van der Waals surface area (Å²) in [6, 6.07) is 0. The predicted molar refractivity (Wildman–Crippen MR) is 60.9 cm³/mol. The van der Waals surface area contributed by atoms with Crippen molar-refractivity contribution in [2.24, 2.45) is 10.8 Å². The van der Waals surface area contributed by atoms with E-state index in [9.17, 15) is 10.2 Å². The molecule has 0 aromatic heterocycles. The first-order valence-corrected chi connectivity index (χ1v) is 6.14. The Labute approximate surface area is 96.9 Å². The molecule has 0 aromatic carbocycles. The second-order valence-corrected chi connectivity index (χ2v) is 5.03. The number of aliphatic hydroxyl groups excluding tert-OH is 4. The van der Waals surface area contributed by atoms with Gasteiger partial charge in [-0.2, -0.15) is 0 Å². The molecular formula is C12H24O4. The number of hydrogen-bond donors (Lipinski definition) is 4. The minimum atomic E-state index is -0.419. The third kappa shape index (κ3) is 2.25. The largest absolute Gasteiger partial charge is 0.396 e. The highest BCUT2D eigenvalue weighted by Crippen LogP contribution is 2.54. The van der Waals surface area contributed by atoms with Crippen LogP contribution < -0.4 is 0 Å². The molecule has 96 valence electrons. The van der Waals surface area contributed by atoms with Gasteiger partial charge in [-0.15, -0.1) is 0 Å². The van der Waals surface area contributed by atoms with Crippen molar-refractivity contribution in [1.82, 2.24) is 0 Å². The molecule has 0 spiro atoms. The Morgan fingerprint density at radius 2 is 1.06 bits per heavy atom. The highest BCUT2D eigenvalue weighted by molar-refractivity contribution is 5.00. The Balaban J connectivity index is 2.96. The third-order valence-corrected chi connectivity index (χ3v) is 4.47. The van der Waals surface area contributed by atoms with Crippen LogP contribution in [0.25, 0.3) is 0 Å². The van der Waals surface area contributed by atoms with Crippen LogP contribution in [0.15, 0.2) is 0 Å². The molecule has 0 saturated heterocycles. The van der Waals surface area contributed by atoms with Gasteiger partial charge >= 0.3 is 0 Å². The molecule has 1 aliphatic carbocycles. The average Bonchev–Trinajstić information content (AvgIpc) is 2.32. The van der Waals surface area contributed by atoms with E-state index in [1.165, 1.54) is 0 Å². The molecule has 1 aliphatic rings. The Kier molecular flexibility index (Phi) is 5.18. The highest BCUT2D eigenvalue weighted by Gasteiger charge is 2.50. The summed E-state index contributed by atoms with van der Waals surface area (Å²) in [5.41, 5.74) is -0.838. The number of aliphatic hydroxyl groups is 4. The van der Waals surface area contributed by atoms with E-state index >= 15 is 0 Å². The van der Waals surface area contributed by atoms with E-state index in [0.717, 1.165) is 25.7 Å². The van der Waals surface area contributed by atoms with Crippen molar-refractivity contribution in [1.29, 1.82) is 0 Å². The highest BCUT2D eigenvalue weighted by atomic mass is 16.3. The van der Waals surface area contributed by atoms with Gasteiger partial charge in [-0.3, -0.25) is 0 Å². The fourth-order valence-electron chi connectivity index (χ4n) is 3.32. The lowest BCUT2D eigenvalue weighted by Crippen LogP contribution is -2.50. The van der Waals surface area contributed by atoms with Gasteiger partial charge < -0.3 is 20.4 Å². The molecule has 0 aromatic rings. The van der Waals surface area contributed by atoms with Gasteiger partial charge in [0.2, 0.25) is 0 Å². The molecular weight excluding hydrogens is 208 g/mol. The summed E-state index contributed by atoms with van der Waals surface area (Å²) in [4.78, 5) is 0. The maximum atomic E-state index is 9.66. The molecule has 0 amide bonds. The zero-order valence-corrected chi connectivity index (χ0v) is 9.86. The van der Waals surface area contributed by atoms with E-state index in [0.29, 0.717) is 12.8 Å². The molecule has 0 heterocycles. The SMILES string of the molecule is OCCC1(CO)CCCCC1(CO)CCO. The standard InChI is InChI=1S/C12H24O4/c13-7-5-11(9-15)3-1-2-4-12(11,10-16)6-8-14/h13-16H,1-10H2. The molecule has 2 atom stereocenters. The van der Waals surface area contributed by atoms with Gasteiger partial charge in [0.1, 0.15) is 0 Å². The number of hydrogen-bond acceptors (Lipinski definition) is 4. The first-order valence-electron chi connectivity index (χ1n) is 6.14. The summed E-state index contributed by atoms with van der Waals surface area (Å²) in [6.07, 6.45) is 4.70. The van der Waals surface area contributed by atoms with Crippen molar-refractivity contribution in [2.45, 2.75) is 38.5 Å². The van der Waals surface area contributed by atoms with Crippen molar-refractivity contribution in [3.05, 3.63) is 0 Å². The van der Waals surface area contributed by atoms with E-state index in [1.54, 1.807) is 0 Å². The lowest BCUT2D eigenvalue weighted by atomic mass is 9.54. The fraction of sp³-hybridized carbons (Fsp3) is 1.00. The molecule has 4 nitrogen and oxygen atoms in total. The Morgan fingerprint density at radius 1 is 0.688 bits per heavy atom. The van der Waals surface area contributed by atoms with E-state index in [1.807, 2.05) is 0 Å². The monoisotopic (exact) mass is 232 g/mol. The van der Waals surface area contributed by atoms with Crippen molar-refractivity contribution in [2.75, 3.05) is 26.4 Å². The van der Waals surface area contributed by atoms with Gasteiger partial charge in [-0.25, -0.2) is 0 Å².